The molecule has 0 saturated heterocycles. The first-order valence-corrected chi connectivity index (χ1v) is 11.4. The van der Waals surface area contributed by atoms with Gasteiger partial charge in [-0.05, 0) is 52.4 Å². The van der Waals surface area contributed by atoms with Gasteiger partial charge < -0.3 is 4.42 Å². The molecule has 0 aliphatic heterocycles. The summed E-state index contributed by atoms with van der Waals surface area (Å²) in [6.07, 6.45) is 3.79. The quantitative estimate of drug-likeness (QED) is 0.265. The molecule has 3 aromatic heterocycles. The maximum atomic E-state index is 5.95. The molecular formula is C28H23NOS. The zero-order chi connectivity index (χ0) is 21.3. The van der Waals surface area contributed by atoms with Crippen LogP contribution in [0, 0.1) is 6.92 Å². The highest BCUT2D eigenvalue weighted by molar-refractivity contribution is 7.27. The predicted octanol–water partition coefficient (Wildman–Crippen LogP) is 8.62. The highest BCUT2D eigenvalue weighted by Crippen LogP contribution is 2.44. The second kappa shape index (κ2) is 6.41. The molecular weight excluding hydrogens is 398 g/mol. The van der Waals surface area contributed by atoms with E-state index in [0.29, 0.717) is 0 Å². The topological polar surface area (TPSA) is 26.0 Å². The molecule has 31 heavy (non-hydrogen) atoms. The fourth-order valence-electron chi connectivity index (χ4n) is 4.65. The van der Waals surface area contributed by atoms with E-state index < -0.39 is 0 Å². The third-order valence-corrected chi connectivity index (χ3v) is 7.46. The van der Waals surface area contributed by atoms with Gasteiger partial charge in [-0.1, -0.05) is 57.2 Å². The number of nitrogens with zero attached hydrogens (tertiary/aromatic N) is 1. The molecule has 0 atom stereocenters. The van der Waals surface area contributed by atoms with Crippen LogP contribution in [0.1, 0.15) is 31.9 Å². The molecule has 2 nitrogen and oxygen atoms in total. The lowest BCUT2D eigenvalue weighted by Crippen LogP contribution is -2.12. The van der Waals surface area contributed by atoms with Crippen molar-refractivity contribution in [3.8, 4) is 11.3 Å². The van der Waals surface area contributed by atoms with Crippen LogP contribution in [0.4, 0.5) is 0 Å². The molecule has 0 unspecified atom stereocenters. The molecule has 3 heterocycles. The molecule has 0 aliphatic carbocycles. The van der Waals surface area contributed by atoms with E-state index in [1.165, 1.54) is 53.0 Å². The minimum absolute atomic E-state index is 0.0432. The van der Waals surface area contributed by atoms with Gasteiger partial charge in [0.1, 0.15) is 0 Å². The van der Waals surface area contributed by atoms with Crippen LogP contribution in [-0.4, -0.2) is 4.98 Å². The second-order valence-corrected chi connectivity index (χ2v) is 10.4. The number of pyridine rings is 1. The van der Waals surface area contributed by atoms with Gasteiger partial charge in [-0.15, -0.1) is 11.3 Å². The maximum absolute atomic E-state index is 5.95. The van der Waals surface area contributed by atoms with Crippen molar-refractivity contribution in [3.63, 3.8) is 0 Å². The van der Waals surface area contributed by atoms with Crippen LogP contribution in [-0.2, 0) is 5.41 Å². The minimum Gasteiger partial charge on any atom is -0.463 e. The van der Waals surface area contributed by atoms with Gasteiger partial charge in [0.05, 0.1) is 21.4 Å². The molecule has 3 aromatic carbocycles. The number of fused-ring (bicyclic) bond motifs is 6. The molecule has 0 radical (unpaired) electrons. The lowest BCUT2D eigenvalue weighted by atomic mass is 9.82. The Bertz CT molecular complexity index is 1630. The van der Waals surface area contributed by atoms with E-state index in [4.69, 9.17) is 9.40 Å². The van der Waals surface area contributed by atoms with Crippen molar-refractivity contribution in [2.24, 2.45) is 0 Å². The first kappa shape index (κ1) is 18.6. The predicted molar refractivity (Wildman–Crippen MR) is 133 cm³/mol. The van der Waals surface area contributed by atoms with Crippen molar-refractivity contribution < 1.29 is 4.42 Å². The summed E-state index contributed by atoms with van der Waals surface area (Å²) in [4.78, 5) is 4.87. The van der Waals surface area contributed by atoms with Crippen LogP contribution in [0.15, 0.2) is 71.5 Å². The fourth-order valence-corrected chi connectivity index (χ4v) is 5.95. The molecule has 152 valence electrons. The third kappa shape index (κ3) is 2.73. The fraction of sp³-hybridized carbons (Fsp3) is 0.179. The monoisotopic (exact) mass is 421 g/mol. The van der Waals surface area contributed by atoms with E-state index in [0.717, 1.165) is 11.3 Å². The van der Waals surface area contributed by atoms with Crippen LogP contribution in [0.25, 0.3) is 53.2 Å². The van der Waals surface area contributed by atoms with Crippen molar-refractivity contribution in [1.29, 1.82) is 0 Å². The van der Waals surface area contributed by atoms with Crippen molar-refractivity contribution in [2.75, 3.05) is 0 Å². The summed E-state index contributed by atoms with van der Waals surface area (Å²) < 4.78 is 8.37. The molecule has 0 spiro atoms. The van der Waals surface area contributed by atoms with Crippen LogP contribution in [0.3, 0.4) is 0 Å². The largest absolute Gasteiger partial charge is 0.463 e. The zero-order valence-corrected chi connectivity index (χ0v) is 18.9. The summed E-state index contributed by atoms with van der Waals surface area (Å²) in [7, 11) is 0. The summed E-state index contributed by atoms with van der Waals surface area (Å²) >= 11 is 1.79. The molecule has 0 bridgehead atoms. The summed E-state index contributed by atoms with van der Waals surface area (Å²) in [5.41, 5.74) is 5.78. The van der Waals surface area contributed by atoms with Gasteiger partial charge >= 0.3 is 0 Å². The molecule has 6 aromatic rings. The van der Waals surface area contributed by atoms with E-state index in [1.807, 2.05) is 12.5 Å². The van der Waals surface area contributed by atoms with E-state index in [1.54, 1.807) is 11.3 Å². The van der Waals surface area contributed by atoms with Crippen molar-refractivity contribution in [2.45, 2.75) is 33.1 Å². The van der Waals surface area contributed by atoms with E-state index >= 15 is 0 Å². The number of thiophene rings is 1. The average Bonchev–Trinajstić information content (AvgIpc) is 3.32. The second-order valence-electron chi connectivity index (χ2n) is 9.37. The molecule has 0 fully saturated rings. The van der Waals surface area contributed by atoms with Gasteiger partial charge in [0.15, 0.2) is 5.58 Å². The van der Waals surface area contributed by atoms with Crippen LogP contribution in [0.2, 0.25) is 0 Å². The molecule has 3 heteroatoms. The Morgan fingerprint density at radius 1 is 0.839 bits per heavy atom. The normalized spacial score (nSPS) is 12.5. The van der Waals surface area contributed by atoms with Gasteiger partial charge in [-0.3, -0.25) is 4.98 Å². The van der Waals surface area contributed by atoms with Crippen molar-refractivity contribution in [3.05, 3.63) is 78.2 Å². The van der Waals surface area contributed by atoms with Gasteiger partial charge in [0, 0.05) is 27.9 Å². The molecule has 6 rings (SSSR count). The number of hydrogen-bond acceptors (Lipinski definition) is 3. The lowest BCUT2D eigenvalue weighted by molar-refractivity contribution is 0.596. The highest BCUT2D eigenvalue weighted by Gasteiger charge is 2.20. The zero-order valence-electron chi connectivity index (χ0n) is 18.1. The van der Waals surface area contributed by atoms with Crippen molar-refractivity contribution >= 4 is 53.3 Å². The Hall–Kier alpha value is -3.17. The Kier molecular flexibility index (Phi) is 3.85. The summed E-state index contributed by atoms with van der Waals surface area (Å²) in [5.74, 6) is 0. The Labute approximate surface area is 185 Å². The molecule has 0 amide bonds. The van der Waals surface area contributed by atoms with Crippen LogP contribution in [0.5, 0.6) is 0 Å². The maximum Gasteiger partial charge on any atom is 0.151 e. The smallest absolute Gasteiger partial charge is 0.151 e. The Morgan fingerprint density at radius 2 is 1.61 bits per heavy atom. The third-order valence-electron chi connectivity index (χ3n) is 6.23. The van der Waals surface area contributed by atoms with Gasteiger partial charge in [0.25, 0.3) is 0 Å². The standard InChI is InChI=1S/C28H23NOS/c1-16-15-30-25-19(16)9-10-21-22-11-12-29-24(26(22)31-27(21)25)18-13-17-7-5-6-8-20(17)23(14-18)28(2,3)4/h5-15H,1-4H3. The van der Waals surface area contributed by atoms with E-state index in [9.17, 15) is 0 Å². The summed E-state index contributed by atoms with van der Waals surface area (Å²) in [6, 6.07) is 19.8. The number of aryl methyl sites for hydroxylation is 1. The first-order chi connectivity index (χ1) is 14.9. The number of rotatable bonds is 1. The SMILES string of the molecule is Cc1coc2c1ccc1c3ccnc(-c4cc(C(C)(C)C)c5ccccc5c4)c3sc12. The number of aromatic nitrogens is 1. The molecule has 0 N–H and O–H groups in total. The number of furan rings is 1. The van der Waals surface area contributed by atoms with Crippen molar-refractivity contribution in [1.82, 2.24) is 4.98 Å². The average molecular weight is 422 g/mol. The van der Waals surface area contributed by atoms with Crippen LogP contribution < -0.4 is 0 Å². The Balaban J connectivity index is 1.70. The molecule has 0 aliphatic rings. The van der Waals surface area contributed by atoms with Gasteiger partial charge in [-0.2, -0.15) is 0 Å². The highest BCUT2D eigenvalue weighted by atomic mass is 32.1. The van der Waals surface area contributed by atoms with Gasteiger partial charge in [0.2, 0.25) is 0 Å². The minimum atomic E-state index is 0.0432. The van der Waals surface area contributed by atoms with Crippen LogP contribution >= 0.6 is 11.3 Å². The van der Waals surface area contributed by atoms with Gasteiger partial charge in [-0.25, -0.2) is 0 Å². The lowest BCUT2D eigenvalue weighted by Gasteiger charge is -2.22. The van der Waals surface area contributed by atoms with E-state index in [-0.39, 0.29) is 5.41 Å². The number of benzene rings is 3. The summed E-state index contributed by atoms with van der Waals surface area (Å²) in [6.45, 7) is 8.94. The number of hydrogen-bond donors (Lipinski definition) is 0. The Morgan fingerprint density at radius 3 is 2.45 bits per heavy atom. The summed E-state index contributed by atoms with van der Waals surface area (Å²) in [5, 5.41) is 6.24. The van der Waals surface area contributed by atoms with E-state index in [2.05, 4.69) is 82.3 Å². The first-order valence-electron chi connectivity index (χ1n) is 10.6. The molecule has 0 saturated carbocycles.